The monoisotopic (exact) mass is 347 g/mol. The van der Waals surface area contributed by atoms with Gasteiger partial charge in [0.25, 0.3) is 0 Å². The highest BCUT2D eigenvalue weighted by Crippen LogP contribution is 2.25. The predicted octanol–water partition coefficient (Wildman–Crippen LogP) is 3.83. The van der Waals surface area contributed by atoms with Crippen LogP contribution in [0.25, 0.3) is 0 Å². The number of nitrogens with zero attached hydrogens (tertiary/aromatic N) is 1. The average Bonchev–Trinajstić information content (AvgIpc) is 2.51. The van der Waals surface area contributed by atoms with Crippen molar-refractivity contribution >= 4 is 46.4 Å². The minimum Gasteiger partial charge on any atom is -0.324 e. The molecule has 0 atom stereocenters. The van der Waals surface area contributed by atoms with Gasteiger partial charge in [-0.25, -0.2) is 0 Å². The Bertz CT molecular complexity index is 800. The van der Waals surface area contributed by atoms with Crippen LogP contribution >= 0.6 is 23.2 Å². The maximum atomic E-state index is 11.9. The van der Waals surface area contributed by atoms with E-state index >= 15 is 0 Å². The van der Waals surface area contributed by atoms with E-state index in [0.717, 1.165) is 0 Å². The molecule has 2 rings (SSSR count). The first kappa shape index (κ1) is 16.8. The summed E-state index contributed by atoms with van der Waals surface area (Å²) in [4.78, 5) is 23.8. The van der Waals surface area contributed by atoms with Gasteiger partial charge in [0.1, 0.15) is 12.5 Å². The molecule has 5 nitrogen and oxygen atoms in total. The number of nitrogens with one attached hydrogen (secondary N) is 2. The van der Waals surface area contributed by atoms with Crippen molar-refractivity contribution in [3.05, 3.63) is 58.1 Å². The number of para-hydroxylation sites is 1. The van der Waals surface area contributed by atoms with Crippen LogP contribution in [0.15, 0.2) is 42.5 Å². The van der Waals surface area contributed by atoms with Crippen LogP contribution in [0.5, 0.6) is 0 Å². The van der Waals surface area contributed by atoms with Crippen molar-refractivity contribution in [2.75, 3.05) is 10.6 Å². The number of hydrogen-bond acceptors (Lipinski definition) is 3. The van der Waals surface area contributed by atoms with Gasteiger partial charge in [0.15, 0.2) is 0 Å². The van der Waals surface area contributed by atoms with Crippen molar-refractivity contribution in [3.63, 3.8) is 0 Å². The summed E-state index contributed by atoms with van der Waals surface area (Å²) >= 11 is 11.8. The zero-order valence-corrected chi connectivity index (χ0v) is 13.3. The lowest BCUT2D eigenvalue weighted by molar-refractivity contribution is -0.123. The van der Waals surface area contributed by atoms with E-state index in [2.05, 4.69) is 10.6 Å². The predicted molar refractivity (Wildman–Crippen MR) is 89.5 cm³/mol. The fourth-order valence-corrected chi connectivity index (χ4v) is 2.15. The zero-order chi connectivity index (χ0) is 16.8. The summed E-state index contributed by atoms with van der Waals surface area (Å²) in [6, 6.07) is 13.1. The minimum atomic E-state index is -0.541. The Morgan fingerprint density at radius 1 is 1.00 bits per heavy atom. The quantitative estimate of drug-likeness (QED) is 0.824. The Balaban J connectivity index is 1.99. The Kier molecular flexibility index (Phi) is 5.58. The van der Waals surface area contributed by atoms with E-state index in [4.69, 9.17) is 28.5 Å². The third kappa shape index (κ3) is 4.71. The van der Waals surface area contributed by atoms with Crippen molar-refractivity contribution < 1.29 is 9.59 Å². The van der Waals surface area contributed by atoms with Crippen molar-refractivity contribution in [1.82, 2.24) is 0 Å². The van der Waals surface area contributed by atoms with Crippen LogP contribution < -0.4 is 10.6 Å². The normalized spacial score (nSPS) is 9.78. The first-order valence-electron chi connectivity index (χ1n) is 6.53. The van der Waals surface area contributed by atoms with Crippen LogP contribution in [0.1, 0.15) is 12.0 Å². The first-order valence-corrected chi connectivity index (χ1v) is 7.29. The summed E-state index contributed by atoms with van der Waals surface area (Å²) in [6.07, 6.45) is -0.414. The standard InChI is InChI=1S/C16H11Cl2N3O2/c17-11-5-6-12(18)14(7-11)21-16(23)8-15(22)20-13-4-2-1-3-10(13)9-19/h1-7H,8H2,(H,20,22)(H,21,23). The van der Waals surface area contributed by atoms with Gasteiger partial charge in [-0.05, 0) is 30.3 Å². The van der Waals surface area contributed by atoms with E-state index in [1.54, 1.807) is 36.4 Å². The van der Waals surface area contributed by atoms with E-state index in [9.17, 15) is 9.59 Å². The first-order chi connectivity index (χ1) is 11.0. The number of carbonyl (C=O) groups excluding carboxylic acids is 2. The van der Waals surface area contributed by atoms with E-state index in [-0.39, 0.29) is 0 Å². The zero-order valence-electron chi connectivity index (χ0n) is 11.8. The molecule has 0 saturated carbocycles. The molecule has 0 fully saturated rings. The van der Waals surface area contributed by atoms with Gasteiger partial charge in [0.05, 0.1) is 22.0 Å². The highest BCUT2D eigenvalue weighted by atomic mass is 35.5. The van der Waals surface area contributed by atoms with E-state index in [1.165, 1.54) is 6.07 Å². The van der Waals surface area contributed by atoms with Crippen LogP contribution in [0.3, 0.4) is 0 Å². The van der Waals surface area contributed by atoms with Crippen molar-refractivity contribution in [1.29, 1.82) is 5.26 Å². The number of benzene rings is 2. The number of carbonyl (C=O) groups is 2. The van der Waals surface area contributed by atoms with Crippen molar-refractivity contribution in [2.24, 2.45) is 0 Å². The number of rotatable bonds is 4. The molecule has 0 bridgehead atoms. The lowest BCUT2D eigenvalue weighted by Gasteiger charge is -2.09. The molecule has 23 heavy (non-hydrogen) atoms. The molecule has 116 valence electrons. The van der Waals surface area contributed by atoms with Gasteiger partial charge in [-0.2, -0.15) is 5.26 Å². The molecule has 2 aromatic rings. The fraction of sp³-hybridized carbons (Fsp3) is 0.0625. The molecule has 0 unspecified atom stereocenters. The van der Waals surface area contributed by atoms with Crippen LogP contribution in [0.2, 0.25) is 10.0 Å². The second kappa shape index (κ2) is 7.63. The van der Waals surface area contributed by atoms with Crippen LogP contribution in [-0.4, -0.2) is 11.8 Å². The largest absolute Gasteiger partial charge is 0.324 e. The molecule has 0 heterocycles. The van der Waals surface area contributed by atoms with Gasteiger partial charge in [-0.15, -0.1) is 0 Å². The Morgan fingerprint density at radius 3 is 2.35 bits per heavy atom. The van der Waals surface area contributed by atoms with E-state index in [1.807, 2.05) is 6.07 Å². The third-order valence-corrected chi connectivity index (χ3v) is 3.41. The van der Waals surface area contributed by atoms with Crippen molar-refractivity contribution in [3.8, 4) is 6.07 Å². The number of amides is 2. The van der Waals surface area contributed by atoms with Gasteiger partial charge in [-0.1, -0.05) is 35.3 Å². The molecule has 0 radical (unpaired) electrons. The number of hydrogen-bond donors (Lipinski definition) is 2. The number of halogens is 2. The van der Waals surface area contributed by atoms with Gasteiger partial charge in [-0.3, -0.25) is 9.59 Å². The molecular weight excluding hydrogens is 337 g/mol. The lowest BCUT2D eigenvalue weighted by atomic mass is 10.2. The molecule has 0 aliphatic rings. The molecule has 2 aromatic carbocycles. The summed E-state index contributed by atoms with van der Waals surface area (Å²) in [5.41, 5.74) is 1.00. The van der Waals surface area contributed by atoms with Gasteiger partial charge >= 0.3 is 0 Å². The summed E-state index contributed by atoms with van der Waals surface area (Å²) in [5, 5.41) is 14.7. The third-order valence-electron chi connectivity index (χ3n) is 2.85. The van der Waals surface area contributed by atoms with Gasteiger partial charge in [0.2, 0.25) is 11.8 Å². The van der Waals surface area contributed by atoms with E-state index < -0.39 is 18.2 Å². The summed E-state index contributed by atoms with van der Waals surface area (Å²) < 4.78 is 0. The number of nitriles is 1. The highest BCUT2D eigenvalue weighted by molar-refractivity contribution is 6.35. The maximum Gasteiger partial charge on any atom is 0.233 e. The summed E-state index contributed by atoms with van der Waals surface area (Å²) in [6.45, 7) is 0. The second-order valence-corrected chi connectivity index (χ2v) is 5.40. The van der Waals surface area contributed by atoms with Gasteiger partial charge < -0.3 is 10.6 Å². The minimum absolute atomic E-state index is 0.318. The molecule has 0 spiro atoms. The molecule has 7 heteroatoms. The topological polar surface area (TPSA) is 82.0 Å². The number of anilines is 2. The maximum absolute atomic E-state index is 11.9. The van der Waals surface area contributed by atoms with Gasteiger partial charge in [0, 0.05) is 5.02 Å². The SMILES string of the molecule is N#Cc1ccccc1NC(=O)CC(=O)Nc1cc(Cl)ccc1Cl. The Hall–Kier alpha value is -2.55. The fourth-order valence-electron chi connectivity index (χ4n) is 1.82. The average molecular weight is 348 g/mol. The van der Waals surface area contributed by atoms with E-state index in [0.29, 0.717) is 27.0 Å². The summed E-state index contributed by atoms with van der Waals surface area (Å²) in [5.74, 6) is -1.08. The van der Waals surface area contributed by atoms with Crippen LogP contribution in [0.4, 0.5) is 11.4 Å². The van der Waals surface area contributed by atoms with Crippen molar-refractivity contribution in [2.45, 2.75) is 6.42 Å². The van der Waals surface area contributed by atoms with Crippen LogP contribution in [0, 0.1) is 11.3 Å². The summed E-state index contributed by atoms with van der Waals surface area (Å²) in [7, 11) is 0. The highest BCUT2D eigenvalue weighted by Gasteiger charge is 2.13. The lowest BCUT2D eigenvalue weighted by Crippen LogP contribution is -2.22. The molecule has 0 aliphatic heterocycles. The Morgan fingerprint density at radius 2 is 1.65 bits per heavy atom. The Labute approximate surface area is 142 Å². The smallest absolute Gasteiger partial charge is 0.233 e. The molecular formula is C16H11Cl2N3O2. The molecule has 0 aliphatic carbocycles. The molecule has 2 amide bonds. The second-order valence-electron chi connectivity index (χ2n) is 4.55. The molecule has 0 aromatic heterocycles. The van der Waals surface area contributed by atoms with Crippen LogP contribution in [-0.2, 0) is 9.59 Å². The molecule has 0 saturated heterocycles. The molecule has 2 N–H and O–H groups in total.